The maximum absolute atomic E-state index is 14.4. The molecule has 0 aliphatic rings. The number of pyridine rings is 1. The molecular weight excluding hydrogens is 607 g/mol. The third-order valence-electron chi connectivity index (χ3n) is 6.74. The SMILES string of the molecule is [B]C([B])(F)Cn1c(Cc2ccc(Cl)cc2C(F)(F)F)cc2cc(C(=O)N[C@@H](CO)c3ccc(S(=O)(=O)CC)cn3)ccc21. The van der Waals surface area contributed by atoms with Crippen LogP contribution in [0.15, 0.2) is 65.7 Å². The summed E-state index contributed by atoms with van der Waals surface area (Å²) in [7, 11) is 7.32. The van der Waals surface area contributed by atoms with Crippen molar-refractivity contribution in [1.82, 2.24) is 14.9 Å². The van der Waals surface area contributed by atoms with Crippen molar-refractivity contribution in [2.75, 3.05) is 12.4 Å². The van der Waals surface area contributed by atoms with E-state index in [4.69, 9.17) is 27.3 Å². The van der Waals surface area contributed by atoms with Gasteiger partial charge in [0.25, 0.3) is 5.91 Å². The Morgan fingerprint density at radius 1 is 1.09 bits per heavy atom. The molecule has 0 aliphatic carbocycles. The maximum Gasteiger partial charge on any atom is 0.416 e. The largest absolute Gasteiger partial charge is 0.416 e. The monoisotopic (exact) mass is 631 g/mol. The number of aliphatic hydroxyl groups is 1. The quantitative estimate of drug-likeness (QED) is 0.198. The average Bonchev–Trinajstić information content (AvgIpc) is 3.26. The van der Waals surface area contributed by atoms with Gasteiger partial charge in [0.15, 0.2) is 9.84 Å². The summed E-state index contributed by atoms with van der Waals surface area (Å²) in [5.74, 6) is -0.747. The smallest absolute Gasteiger partial charge is 0.394 e. The molecule has 4 aromatic rings. The number of hydrogen-bond acceptors (Lipinski definition) is 5. The summed E-state index contributed by atoms with van der Waals surface area (Å²) in [6, 6.07) is 10.9. The fourth-order valence-electron chi connectivity index (χ4n) is 4.61. The Morgan fingerprint density at radius 2 is 1.81 bits per heavy atom. The fourth-order valence-corrected chi connectivity index (χ4v) is 5.60. The van der Waals surface area contributed by atoms with Gasteiger partial charge in [-0.3, -0.25) is 14.2 Å². The summed E-state index contributed by atoms with van der Waals surface area (Å²) >= 11 is 5.80. The number of rotatable bonds is 10. The molecule has 0 aliphatic heterocycles. The molecule has 1 amide bonds. The zero-order chi connectivity index (χ0) is 31.7. The van der Waals surface area contributed by atoms with Crippen LogP contribution in [-0.2, 0) is 29.0 Å². The van der Waals surface area contributed by atoms with E-state index in [-0.39, 0.29) is 44.6 Å². The fraction of sp³-hybridized carbons (Fsp3) is 0.286. The minimum absolute atomic E-state index is 0.000690. The predicted molar refractivity (Wildman–Crippen MR) is 156 cm³/mol. The van der Waals surface area contributed by atoms with E-state index in [9.17, 15) is 35.9 Å². The lowest BCUT2D eigenvalue weighted by Crippen LogP contribution is -2.31. The molecule has 15 heteroatoms. The topological polar surface area (TPSA) is 101 Å². The summed E-state index contributed by atoms with van der Waals surface area (Å²) in [5.41, 5.74) is -2.82. The Labute approximate surface area is 253 Å². The van der Waals surface area contributed by atoms with Crippen LogP contribution in [0.2, 0.25) is 5.02 Å². The van der Waals surface area contributed by atoms with Crippen LogP contribution in [0.25, 0.3) is 10.9 Å². The van der Waals surface area contributed by atoms with Gasteiger partial charge in [0.1, 0.15) is 15.7 Å². The van der Waals surface area contributed by atoms with Crippen molar-refractivity contribution in [1.29, 1.82) is 0 Å². The Kier molecular flexibility index (Phi) is 9.34. The van der Waals surface area contributed by atoms with Crippen LogP contribution in [0.4, 0.5) is 17.6 Å². The number of hydrogen-bond donors (Lipinski definition) is 2. The lowest BCUT2D eigenvalue weighted by molar-refractivity contribution is -0.138. The van der Waals surface area contributed by atoms with Gasteiger partial charge in [-0.25, -0.2) is 8.42 Å². The van der Waals surface area contributed by atoms with E-state index in [1.54, 1.807) is 0 Å². The number of amides is 1. The first-order chi connectivity index (χ1) is 20.0. The van der Waals surface area contributed by atoms with E-state index < -0.39 is 52.1 Å². The highest BCUT2D eigenvalue weighted by Gasteiger charge is 2.34. The molecule has 0 bridgehead atoms. The first-order valence-electron chi connectivity index (χ1n) is 12.9. The Hall–Kier alpha value is -3.35. The van der Waals surface area contributed by atoms with Gasteiger partial charge in [-0.15, -0.1) is 0 Å². The van der Waals surface area contributed by atoms with Gasteiger partial charge in [-0.1, -0.05) is 24.6 Å². The lowest BCUT2D eigenvalue weighted by Gasteiger charge is -2.21. The number of sulfone groups is 1. The van der Waals surface area contributed by atoms with E-state index in [1.165, 1.54) is 60.0 Å². The number of carbonyl (C=O) groups is 1. The highest BCUT2D eigenvalue weighted by molar-refractivity contribution is 7.91. The molecule has 2 N–H and O–H groups in total. The Balaban J connectivity index is 1.67. The minimum atomic E-state index is -4.70. The number of nitrogens with one attached hydrogen (secondary N) is 1. The van der Waals surface area contributed by atoms with Crippen molar-refractivity contribution < 1.29 is 35.9 Å². The number of halogens is 5. The van der Waals surface area contributed by atoms with E-state index in [0.29, 0.717) is 10.9 Å². The molecule has 222 valence electrons. The maximum atomic E-state index is 14.4. The van der Waals surface area contributed by atoms with Crippen LogP contribution in [0.5, 0.6) is 0 Å². The highest BCUT2D eigenvalue weighted by atomic mass is 35.5. The first kappa shape index (κ1) is 32.6. The highest BCUT2D eigenvalue weighted by Crippen LogP contribution is 2.36. The second kappa shape index (κ2) is 12.3. The summed E-state index contributed by atoms with van der Waals surface area (Å²) in [5, 5.41) is 12.8. The van der Waals surface area contributed by atoms with Crippen molar-refractivity contribution in [2.24, 2.45) is 0 Å². The molecule has 0 fully saturated rings. The summed E-state index contributed by atoms with van der Waals surface area (Å²) in [4.78, 5) is 17.2. The molecule has 2 heterocycles. The van der Waals surface area contributed by atoms with E-state index in [1.807, 2.05) is 0 Å². The van der Waals surface area contributed by atoms with Crippen LogP contribution in [0.1, 0.15) is 45.8 Å². The van der Waals surface area contributed by atoms with E-state index >= 15 is 0 Å². The van der Waals surface area contributed by atoms with Gasteiger partial charge in [0.2, 0.25) is 0 Å². The number of carbonyl (C=O) groups excluding carboxylic acids is 1. The van der Waals surface area contributed by atoms with E-state index in [0.717, 1.165) is 12.3 Å². The molecule has 4 radical (unpaired) electrons. The summed E-state index contributed by atoms with van der Waals surface area (Å²) in [6.45, 7) is 0.357. The molecule has 4 rings (SSSR count). The predicted octanol–water partition coefficient (Wildman–Crippen LogP) is 4.52. The number of fused-ring (bicyclic) bond motifs is 1. The Bertz CT molecular complexity index is 1760. The zero-order valence-electron chi connectivity index (χ0n) is 22.7. The second-order valence-electron chi connectivity index (χ2n) is 9.93. The standard InChI is InChI=1S/C28H24B2ClF4N3O4S/c1-2-43(41,42)21-6-7-23(36-13-21)24(14-39)37-26(40)17-4-8-25-18(9-17)11-20(38(25)15-27(29,30)32)10-16-3-5-19(31)12-22(16)28(33,34)35/h3-9,11-13,24,39H,2,10,14-15H2,1H3,(H,37,40)/t24-/m0/s1. The number of nitrogens with zero attached hydrogens (tertiary/aromatic N) is 2. The van der Waals surface area contributed by atoms with Gasteiger partial charge < -0.3 is 15.0 Å². The Morgan fingerprint density at radius 3 is 2.40 bits per heavy atom. The molecule has 0 saturated heterocycles. The molecule has 2 aromatic carbocycles. The molecule has 0 spiro atoms. The van der Waals surface area contributed by atoms with Crippen molar-refractivity contribution >= 4 is 53.9 Å². The van der Waals surface area contributed by atoms with Gasteiger partial charge in [-0.2, -0.15) is 13.2 Å². The lowest BCUT2D eigenvalue weighted by atomic mass is 9.67. The third-order valence-corrected chi connectivity index (χ3v) is 8.70. The molecule has 1 atom stereocenters. The third kappa shape index (κ3) is 7.60. The van der Waals surface area contributed by atoms with Crippen LogP contribution < -0.4 is 5.32 Å². The molecule has 0 unspecified atom stereocenters. The normalized spacial score (nSPS) is 13.3. The van der Waals surface area contributed by atoms with Crippen molar-refractivity contribution in [3.8, 4) is 0 Å². The number of alkyl halides is 4. The van der Waals surface area contributed by atoms with Crippen LogP contribution in [-0.4, -0.2) is 62.5 Å². The van der Waals surface area contributed by atoms with Crippen LogP contribution >= 0.6 is 11.6 Å². The molecule has 43 heavy (non-hydrogen) atoms. The van der Waals surface area contributed by atoms with Crippen LogP contribution in [0.3, 0.4) is 0 Å². The minimum Gasteiger partial charge on any atom is -0.394 e. The number of aliphatic hydroxyl groups excluding tert-OH is 1. The van der Waals surface area contributed by atoms with E-state index in [2.05, 4.69) is 10.3 Å². The molecular formula is C28H24B2ClF4N3O4S. The first-order valence-corrected chi connectivity index (χ1v) is 14.9. The van der Waals surface area contributed by atoms with Gasteiger partial charge in [0, 0.05) is 51.8 Å². The summed E-state index contributed by atoms with van der Waals surface area (Å²) < 4.78 is 81.0. The van der Waals surface area contributed by atoms with Crippen molar-refractivity contribution in [2.45, 2.75) is 42.5 Å². The van der Waals surface area contributed by atoms with Gasteiger partial charge >= 0.3 is 6.18 Å². The van der Waals surface area contributed by atoms with Crippen molar-refractivity contribution in [3.63, 3.8) is 0 Å². The summed E-state index contributed by atoms with van der Waals surface area (Å²) in [6.07, 6.45) is -3.83. The zero-order valence-corrected chi connectivity index (χ0v) is 24.3. The molecule has 7 nitrogen and oxygen atoms in total. The second-order valence-corrected chi connectivity index (χ2v) is 12.6. The molecule has 0 saturated carbocycles. The molecule has 2 aromatic heterocycles. The average molecular weight is 632 g/mol. The number of aromatic nitrogens is 2. The van der Waals surface area contributed by atoms with Gasteiger partial charge in [-0.05, 0) is 54.1 Å². The number of benzene rings is 2. The van der Waals surface area contributed by atoms with Crippen molar-refractivity contribution in [3.05, 3.63) is 93.9 Å². The van der Waals surface area contributed by atoms with Crippen LogP contribution in [0, 0.1) is 0 Å². The van der Waals surface area contributed by atoms with Gasteiger partial charge in [0.05, 0.1) is 34.6 Å².